The normalized spacial score (nSPS) is 11.4. The molecular formula is C21H28N2O3S2. The molecule has 0 heterocycles. The monoisotopic (exact) mass is 420 g/mol. The molecule has 0 saturated carbocycles. The Kier molecular flexibility index (Phi) is 8.54. The van der Waals surface area contributed by atoms with Gasteiger partial charge in [0, 0.05) is 24.4 Å². The SMILES string of the molecule is Cc1cc(C)c(S(=O)(=O)NCCC(=O)NCCCSc2ccccc2)c(C)c1. The van der Waals surface area contributed by atoms with Gasteiger partial charge in [-0.25, -0.2) is 13.1 Å². The van der Waals surface area contributed by atoms with Crippen molar-refractivity contribution in [3.63, 3.8) is 0 Å². The third kappa shape index (κ3) is 6.96. The first-order valence-electron chi connectivity index (χ1n) is 9.31. The highest BCUT2D eigenvalue weighted by Gasteiger charge is 2.19. The van der Waals surface area contributed by atoms with Crippen molar-refractivity contribution >= 4 is 27.7 Å². The summed E-state index contributed by atoms with van der Waals surface area (Å²) < 4.78 is 27.6. The maximum Gasteiger partial charge on any atom is 0.241 e. The second-order valence-electron chi connectivity index (χ2n) is 6.74. The standard InChI is InChI=1S/C21H28N2O3S2/c1-16-14-17(2)21(18(3)15-16)28(25,26)23-12-10-20(24)22-11-7-13-27-19-8-5-4-6-9-19/h4-6,8-9,14-15,23H,7,10-13H2,1-3H3,(H,22,24). The minimum atomic E-state index is -3.63. The molecule has 152 valence electrons. The van der Waals surface area contributed by atoms with Crippen LogP contribution >= 0.6 is 11.8 Å². The first-order valence-corrected chi connectivity index (χ1v) is 11.8. The third-order valence-corrected chi connectivity index (χ3v) is 7.04. The van der Waals surface area contributed by atoms with Crippen LogP contribution in [0.3, 0.4) is 0 Å². The molecule has 2 rings (SSSR count). The largest absolute Gasteiger partial charge is 0.356 e. The van der Waals surface area contributed by atoms with Gasteiger partial charge in [0.05, 0.1) is 4.90 Å². The molecule has 28 heavy (non-hydrogen) atoms. The van der Waals surface area contributed by atoms with Crippen molar-refractivity contribution in [1.82, 2.24) is 10.0 Å². The fourth-order valence-electron chi connectivity index (χ4n) is 3.06. The van der Waals surface area contributed by atoms with Gasteiger partial charge in [-0.3, -0.25) is 4.79 Å². The minimum absolute atomic E-state index is 0.0830. The number of amides is 1. The zero-order valence-electron chi connectivity index (χ0n) is 16.6. The van der Waals surface area contributed by atoms with Gasteiger partial charge in [-0.05, 0) is 56.2 Å². The van der Waals surface area contributed by atoms with E-state index in [0.717, 1.165) is 17.7 Å². The molecular weight excluding hydrogens is 392 g/mol. The third-order valence-electron chi connectivity index (χ3n) is 4.17. The molecule has 0 bridgehead atoms. The Labute approximate surface area is 172 Å². The van der Waals surface area contributed by atoms with Gasteiger partial charge in [0.2, 0.25) is 15.9 Å². The molecule has 0 aliphatic heterocycles. The summed E-state index contributed by atoms with van der Waals surface area (Å²) in [6, 6.07) is 13.8. The molecule has 2 aromatic rings. The highest BCUT2D eigenvalue weighted by molar-refractivity contribution is 7.99. The van der Waals surface area contributed by atoms with E-state index in [1.54, 1.807) is 25.6 Å². The van der Waals surface area contributed by atoms with Crippen molar-refractivity contribution in [2.24, 2.45) is 0 Å². The molecule has 0 spiro atoms. The molecule has 0 aliphatic carbocycles. The van der Waals surface area contributed by atoms with E-state index in [-0.39, 0.29) is 18.9 Å². The predicted octanol–water partition coefficient (Wildman–Crippen LogP) is 3.58. The van der Waals surface area contributed by atoms with E-state index in [2.05, 4.69) is 22.2 Å². The van der Waals surface area contributed by atoms with Crippen LogP contribution in [-0.2, 0) is 14.8 Å². The van der Waals surface area contributed by atoms with Crippen molar-refractivity contribution in [2.45, 2.75) is 43.4 Å². The van der Waals surface area contributed by atoms with E-state index in [1.165, 1.54) is 4.90 Å². The molecule has 7 heteroatoms. The number of thioether (sulfide) groups is 1. The Morgan fingerprint density at radius 1 is 1.00 bits per heavy atom. The number of rotatable bonds is 10. The van der Waals surface area contributed by atoms with E-state index < -0.39 is 10.0 Å². The second kappa shape index (κ2) is 10.6. The summed E-state index contributed by atoms with van der Waals surface area (Å²) in [4.78, 5) is 13.4. The number of hydrogen-bond acceptors (Lipinski definition) is 4. The maximum atomic E-state index is 12.6. The van der Waals surface area contributed by atoms with Gasteiger partial charge in [-0.1, -0.05) is 35.9 Å². The average molecular weight is 421 g/mol. The van der Waals surface area contributed by atoms with Crippen molar-refractivity contribution in [3.05, 3.63) is 59.2 Å². The van der Waals surface area contributed by atoms with E-state index >= 15 is 0 Å². The number of benzene rings is 2. The predicted molar refractivity (Wildman–Crippen MR) is 115 cm³/mol. The molecule has 0 atom stereocenters. The van der Waals surface area contributed by atoms with Gasteiger partial charge >= 0.3 is 0 Å². The first kappa shape index (κ1) is 22.5. The van der Waals surface area contributed by atoms with Gasteiger partial charge in [0.1, 0.15) is 0 Å². The van der Waals surface area contributed by atoms with Crippen LogP contribution in [0.5, 0.6) is 0 Å². The zero-order chi connectivity index (χ0) is 20.6. The molecule has 0 unspecified atom stereocenters. The van der Waals surface area contributed by atoms with Crippen LogP contribution in [-0.4, -0.2) is 33.2 Å². The van der Waals surface area contributed by atoms with Crippen molar-refractivity contribution in [1.29, 1.82) is 0 Å². The molecule has 0 aromatic heterocycles. The lowest BCUT2D eigenvalue weighted by atomic mass is 10.1. The van der Waals surface area contributed by atoms with Crippen LogP contribution in [0.25, 0.3) is 0 Å². The smallest absolute Gasteiger partial charge is 0.241 e. The fraction of sp³-hybridized carbons (Fsp3) is 0.381. The van der Waals surface area contributed by atoms with E-state index in [0.29, 0.717) is 22.6 Å². The molecule has 2 N–H and O–H groups in total. The summed E-state index contributed by atoms with van der Waals surface area (Å²) in [5, 5.41) is 2.84. The number of aryl methyl sites for hydroxylation is 3. The summed E-state index contributed by atoms with van der Waals surface area (Å²) in [6.07, 6.45) is 0.980. The maximum absolute atomic E-state index is 12.6. The Morgan fingerprint density at radius 3 is 2.29 bits per heavy atom. The second-order valence-corrected chi connectivity index (χ2v) is 9.61. The lowest BCUT2D eigenvalue weighted by Gasteiger charge is -2.13. The number of sulfonamides is 1. The molecule has 2 aromatic carbocycles. The van der Waals surface area contributed by atoms with Crippen LogP contribution < -0.4 is 10.0 Å². The summed E-state index contributed by atoms with van der Waals surface area (Å²) in [7, 11) is -3.63. The summed E-state index contributed by atoms with van der Waals surface area (Å²) in [5.74, 6) is 0.771. The highest BCUT2D eigenvalue weighted by Crippen LogP contribution is 2.21. The zero-order valence-corrected chi connectivity index (χ0v) is 18.3. The van der Waals surface area contributed by atoms with Crippen LogP contribution in [0, 0.1) is 20.8 Å². The van der Waals surface area contributed by atoms with Crippen molar-refractivity contribution < 1.29 is 13.2 Å². The number of carbonyl (C=O) groups excluding carboxylic acids is 1. The van der Waals surface area contributed by atoms with Gasteiger partial charge < -0.3 is 5.32 Å². The molecule has 0 aliphatic rings. The molecule has 5 nitrogen and oxygen atoms in total. The van der Waals surface area contributed by atoms with Gasteiger partial charge in [0.15, 0.2) is 0 Å². The highest BCUT2D eigenvalue weighted by atomic mass is 32.2. The number of nitrogens with one attached hydrogen (secondary N) is 2. The number of carbonyl (C=O) groups is 1. The van der Waals surface area contributed by atoms with Crippen LogP contribution in [0.4, 0.5) is 0 Å². The van der Waals surface area contributed by atoms with Crippen molar-refractivity contribution in [2.75, 3.05) is 18.8 Å². The Morgan fingerprint density at radius 2 is 1.64 bits per heavy atom. The fourth-order valence-corrected chi connectivity index (χ4v) is 5.41. The van der Waals surface area contributed by atoms with Crippen LogP contribution in [0.1, 0.15) is 29.5 Å². The molecule has 0 radical (unpaired) electrons. The van der Waals surface area contributed by atoms with Crippen LogP contribution in [0.15, 0.2) is 52.3 Å². The van der Waals surface area contributed by atoms with E-state index in [4.69, 9.17) is 0 Å². The quantitative estimate of drug-likeness (QED) is 0.455. The van der Waals surface area contributed by atoms with Crippen LogP contribution in [0.2, 0.25) is 0 Å². The lowest BCUT2D eigenvalue weighted by Crippen LogP contribution is -2.32. The molecule has 0 saturated heterocycles. The number of hydrogen-bond donors (Lipinski definition) is 2. The average Bonchev–Trinajstić information content (AvgIpc) is 2.61. The summed E-state index contributed by atoms with van der Waals surface area (Å²) in [5.41, 5.74) is 2.45. The topological polar surface area (TPSA) is 75.3 Å². The minimum Gasteiger partial charge on any atom is -0.356 e. The Hall–Kier alpha value is -1.83. The molecule has 0 fully saturated rings. The Balaban J connectivity index is 1.70. The first-order chi connectivity index (χ1) is 13.3. The molecule has 1 amide bonds. The van der Waals surface area contributed by atoms with E-state index in [9.17, 15) is 13.2 Å². The van der Waals surface area contributed by atoms with Gasteiger partial charge in [0.25, 0.3) is 0 Å². The summed E-state index contributed by atoms with van der Waals surface area (Å²) >= 11 is 1.75. The van der Waals surface area contributed by atoms with Gasteiger partial charge in [-0.15, -0.1) is 11.8 Å². The summed E-state index contributed by atoms with van der Waals surface area (Å²) in [6.45, 7) is 6.18. The van der Waals surface area contributed by atoms with E-state index in [1.807, 2.05) is 37.3 Å². The lowest BCUT2D eigenvalue weighted by molar-refractivity contribution is -0.120. The van der Waals surface area contributed by atoms with Gasteiger partial charge in [-0.2, -0.15) is 0 Å². The Bertz CT molecular complexity index is 874. The van der Waals surface area contributed by atoms with Crippen molar-refractivity contribution in [3.8, 4) is 0 Å².